The van der Waals surface area contributed by atoms with Gasteiger partial charge in [-0.05, 0) is 29.7 Å². The number of nitrogens with zero attached hydrogens (tertiary/aromatic N) is 2. The lowest BCUT2D eigenvalue weighted by Crippen LogP contribution is -2.34. The Morgan fingerprint density at radius 2 is 1.83 bits per heavy atom. The van der Waals surface area contributed by atoms with Gasteiger partial charge in [-0.15, -0.1) is 0 Å². The highest BCUT2D eigenvalue weighted by atomic mass is 35.5. The van der Waals surface area contributed by atoms with Crippen molar-refractivity contribution in [3.8, 4) is 5.75 Å². The number of nitro benzene ring substituents is 1. The summed E-state index contributed by atoms with van der Waals surface area (Å²) >= 11 is 6.11. The molecular formula is C19H21ClN2O6S. The summed E-state index contributed by atoms with van der Waals surface area (Å²) in [6, 6.07) is 10.1. The summed E-state index contributed by atoms with van der Waals surface area (Å²) in [6.07, 6.45) is 0.956. The molecule has 0 saturated carbocycles. The molecule has 2 aromatic carbocycles. The quantitative estimate of drug-likeness (QED) is 0.350. The SMILES string of the molecule is CC(C)CN(Cc1ccc(OS(C)(=O)=O)cc1)C(=O)c1ccc([N+](=O)[O-])cc1Cl. The molecule has 0 bridgehead atoms. The van der Waals surface area contributed by atoms with Crippen LogP contribution in [0.3, 0.4) is 0 Å². The van der Waals surface area contributed by atoms with E-state index in [1.165, 1.54) is 24.3 Å². The second-order valence-electron chi connectivity index (χ2n) is 6.93. The fraction of sp³-hybridized carbons (Fsp3) is 0.316. The molecule has 8 nitrogen and oxygen atoms in total. The molecule has 0 unspecified atom stereocenters. The van der Waals surface area contributed by atoms with E-state index in [2.05, 4.69) is 0 Å². The maximum absolute atomic E-state index is 13.0. The molecule has 156 valence electrons. The fourth-order valence-corrected chi connectivity index (χ4v) is 3.38. The molecule has 0 radical (unpaired) electrons. The molecule has 1 amide bonds. The van der Waals surface area contributed by atoms with E-state index in [1.807, 2.05) is 13.8 Å². The van der Waals surface area contributed by atoms with Gasteiger partial charge in [0.2, 0.25) is 0 Å². The first-order valence-electron chi connectivity index (χ1n) is 8.68. The number of hydrogen-bond donors (Lipinski definition) is 0. The summed E-state index contributed by atoms with van der Waals surface area (Å²) in [4.78, 5) is 24.9. The van der Waals surface area contributed by atoms with E-state index in [9.17, 15) is 23.3 Å². The van der Waals surface area contributed by atoms with E-state index < -0.39 is 15.0 Å². The van der Waals surface area contributed by atoms with Crippen LogP contribution in [0.15, 0.2) is 42.5 Å². The standard InChI is InChI=1S/C19H21ClN2O6S/c1-13(2)11-21(12-14-4-7-16(8-5-14)28-29(3,26)27)19(23)17-9-6-15(22(24)25)10-18(17)20/h4-10,13H,11-12H2,1-3H3. The first kappa shape index (κ1) is 22.6. The highest BCUT2D eigenvalue weighted by Crippen LogP contribution is 2.25. The average Bonchev–Trinajstić information content (AvgIpc) is 2.60. The Kier molecular flexibility index (Phi) is 7.21. The van der Waals surface area contributed by atoms with E-state index >= 15 is 0 Å². The van der Waals surface area contributed by atoms with Crippen molar-refractivity contribution in [3.63, 3.8) is 0 Å². The number of nitro groups is 1. The molecule has 0 N–H and O–H groups in total. The van der Waals surface area contributed by atoms with Crippen LogP contribution in [0.4, 0.5) is 5.69 Å². The highest BCUT2D eigenvalue weighted by Gasteiger charge is 2.21. The number of non-ortho nitro benzene ring substituents is 1. The minimum atomic E-state index is -3.62. The Hall–Kier alpha value is -2.65. The second kappa shape index (κ2) is 9.23. The summed E-state index contributed by atoms with van der Waals surface area (Å²) in [5.74, 6) is -0.00456. The first-order valence-corrected chi connectivity index (χ1v) is 10.9. The Balaban J connectivity index is 2.25. The number of amides is 1. The normalized spacial score (nSPS) is 11.3. The van der Waals surface area contributed by atoms with Gasteiger partial charge in [0.25, 0.3) is 11.6 Å². The molecule has 29 heavy (non-hydrogen) atoms. The van der Waals surface area contributed by atoms with Crippen molar-refractivity contribution in [2.75, 3.05) is 12.8 Å². The summed E-state index contributed by atoms with van der Waals surface area (Å²) in [5, 5.41) is 10.9. The predicted octanol–water partition coefficient (Wildman–Crippen LogP) is 3.89. The van der Waals surface area contributed by atoms with Gasteiger partial charge in [0.1, 0.15) is 5.75 Å². The van der Waals surface area contributed by atoms with E-state index in [0.29, 0.717) is 6.54 Å². The maximum Gasteiger partial charge on any atom is 0.306 e. The minimum Gasteiger partial charge on any atom is -0.383 e. The van der Waals surface area contributed by atoms with Gasteiger partial charge in [-0.1, -0.05) is 37.6 Å². The molecule has 0 atom stereocenters. The maximum atomic E-state index is 13.0. The molecule has 2 rings (SSSR count). The minimum absolute atomic E-state index is 0.00913. The van der Waals surface area contributed by atoms with Crippen LogP contribution >= 0.6 is 11.6 Å². The van der Waals surface area contributed by atoms with Crippen LogP contribution < -0.4 is 4.18 Å². The topological polar surface area (TPSA) is 107 Å². The van der Waals surface area contributed by atoms with Crippen LogP contribution in [0.25, 0.3) is 0 Å². The Morgan fingerprint density at radius 1 is 1.21 bits per heavy atom. The van der Waals surface area contributed by atoms with Gasteiger partial charge in [0.05, 0.1) is 21.8 Å². The molecule has 10 heteroatoms. The molecular weight excluding hydrogens is 420 g/mol. The Bertz CT molecular complexity index is 1010. The molecule has 0 fully saturated rings. The predicted molar refractivity (Wildman–Crippen MR) is 110 cm³/mol. The Labute approximate surface area is 174 Å². The molecule has 0 aromatic heterocycles. The van der Waals surface area contributed by atoms with E-state index in [-0.39, 0.29) is 40.4 Å². The van der Waals surface area contributed by atoms with Crippen molar-refractivity contribution in [1.82, 2.24) is 4.90 Å². The number of benzene rings is 2. The third-order valence-corrected chi connectivity index (χ3v) is 4.62. The molecule has 0 heterocycles. The molecule has 0 aliphatic heterocycles. The average molecular weight is 441 g/mol. The van der Waals surface area contributed by atoms with E-state index in [1.54, 1.807) is 17.0 Å². The third-order valence-electron chi connectivity index (χ3n) is 3.81. The van der Waals surface area contributed by atoms with Crippen LogP contribution in [0.5, 0.6) is 5.75 Å². The van der Waals surface area contributed by atoms with Crippen molar-refractivity contribution in [1.29, 1.82) is 0 Å². The van der Waals surface area contributed by atoms with Gasteiger partial charge in [0, 0.05) is 25.2 Å². The molecule has 0 aliphatic rings. The lowest BCUT2D eigenvalue weighted by Gasteiger charge is -2.25. The smallest absolute Gasteiger partial charge is 0.306 e. The van der Waals surface area contributed by atoms with Gasteiger partial charge >= 0.3 is 10.1 Å². The first-order chi connectivity index (χ1) is 13.5. The summed E-state index contributed by atoms with van der Waals surface area (Å²) < 4.78 is 27.2. The van der Waals surface area contributed by atoms with Crippen molar-refractivity contribution in [2.24, 2.45) is 5.92 Å². The fourth-order valence-electron chi connectivity index (χ4n) is 2.67. The van der Waals surface area contributed by atoms with Crippen LogP contribution in [-0.2, 0) is 16.7 Å². The van der Waals surface area contributed by atoms with Crippen molar-refractivity contribution in [2.45, 2.75) is 20.4 Å². The van der Waals surface area contributed by atoms with Crippen molar-refractivity contribution in [3.05, 3.63) is 68.7 Å². The molecule has 2 aromatic rings. The summed E-state index contributed by atoms with van der Waals surface area (Å²) in [6.45, 7) is 4.61. The highest BCUT2D eigenvalue weighted by molar-refractivity contribution is 7.86. The lowest BCUT2D eigenvalue weighted by molar-refractivity contribution is -0.384. The number of carbonyl (C=O) groups excluding carboxylic acids is 1. The zero-order valence-corrected chi connectivity index (χ0v) is 17.7. The zero-order valence-electron chi connectivity index (χ0n) is 16.2. The van der Waals surface area contributed by atoms with E-state index in [4.69, 9.17) is 15.8 Å². The summed E-state index contributed by atoms with van der Waals surface area (Å²) in [7, 11) is -3.62. The van der Waals surface area contributed by atoms with Gasteiger partial charge in [-0.2, -0.15) is 8.42 Å². The number of carbonyl (C=O) groups is 1. The van der Waals surface area contributed by atoms with Crippen LogP contribution in [0.2, 0.25) is 5.02 Å². The van der Waals surface area contributed by atoms with Crippen LogP contribution in [0, 0.1) is 16.0 Å². The molecule has 0 spiro atoms. The summed E-state index contributed by atoms with van der Waals surface area (Å²) in [5.41, 5.74) is 0.747. The van der Waals surface area contributed by atoms with Gasteiger partial charge in [-0.3, -0.25) is 14.9 Å². The number of halogens is 1. The molecule has 0 saturated heterocycles. The second-order valence-corrected chi connectivity index (χ2v) is 8.91. The Morgan fingerprint density at radius 3 is 2.31 bits per heavy atom. The van der Waals surface area contributed by atoms with E-state index in [0.717, 1.165) is 17.9 Å². The molecule has 0 aliphatic carbocycles. The van der Waals surface area contributed by atoms with Crippen LogP contribution in [0.1, 0.15) is 29.8 Å². The number of hydrogen-bond acceptors (Lipinski definition) is 6. The van der Waals surface area contributed by atoms with Gasteiger partial charge < -0.3 is 9.08 Å². The largest absolute Gasteiger partial charge is 0.383 e. The van der Waals surface area contributed by atoms with Crippen molar-refractivity contribution < 1.29 is 22.3 Å². The lowest BCUT2D eigenvalue weighted by atomic mass is 10.1. The van der Waals surface area contributed by atoms with Gasteiger partial charge in [0.15, 0.2) is 0 Å². The van der Waals surface area contributed by atoms with Crippen LogP contribution in [-0.4, -0.2) is 36.9 Å². The zero-order chi connectivity index (χ0) is 21.8. The van der Waals surface area contributed by atoms with Crippen molar-refractivity contribution >= 4 is 33.3 Å². The monoisotopic (exact) mass is 440 g/mol. The third kappa shape index (κ3) is 6.72. The number of rotatable bonds is 8. The van der Waals surface area contributed by atoms with Gasteiger partial charge in [-0.25, -0.2) is 0 Å².